The third-order valence-corrected chi connectivity index (χ3v) is 1.98. The molecule has 1 aromatic carbocycles. The van der Waals surface area contributed by atoms with Crippen molar-refractivity contribution in [3.8, 4) is 5.75 Å². The quantitative estimate of drug-likeness (QED) is 0.401. The van der Waals surface area contributed by atoms with E-state index in [4.69, 9.17) is 15.5 Å². The van der Waals surface area contributed by atoms with Crippen LogP contribution in [0.3, 0.4) is 0 Å². The summed E-state index contributed by atoms with van der Waals surface area (Å²) in [7, 11) is 0. The van der Waals surface area contributed by atoms with E-state index >= 15 is 0 Å². The van der Waals surface area contributed by atoms with E-state index in [2.05, 4.69) is 0 Å². The molecule has 0 saturated heterocycles. The van der Waals surface area contributed by atoms with E-state index in [9.17, 15) is 4.79 Å². The van der Waals surface area contributed by atoms with Crippen LogP contribution in [0, 0.1) is 0 Å². The van der Waals surface area contributed by atoms with E-state index in [1.54, 1.807) is 12.1 Å². The summed E-state index contributed by atoms with van der Waals surface area (Å²) in [5, 5.41) is 0. The van der Waals surface area contributed by atoms with Gasteiger partial charge in [-0.2, -0.15) is 4.89 Å². The number of carbonyl (C=O) groups is 1. The van der Waals surface area contributed by atoms with Gasteiger partial charge in [0.25, 0.3) is 0 Å². The van der Waals surface area contributed by atoms with Crippen LogP contribution in [-0.2, 0) is 11.5 Å². The Balaban J connectivity index is 2.55. The second-order valence-electron chi connectivity index (χ2n) is 2.95. The Hall–Kier alpha value is -1.55. The Morgan fingerprint density at radius 3 is 3.00 bits per heavy atom. The van der Waals surface area contributed by atoms with Crippen LogP contribution in [0.1, 0.15) is 22.8 Å². The Morgan fingerprint density at radius 1 is 1.54 bits per heavy atom. The number of rotatable bonds is 1. The average molecular weight is 179 g/mol. The van der Waals surface area contributed by atoms with Gasteiger partial charge in [0.15, 0.2) is 11.5 Å². The lowest BCUT2D eigenvalue weighted by Gasteiger charge is -2.02. The average Bonchev–Trinajstić information content (AvgIpc) is 2.48. The highest BCUT2D eigenvalue weighted by atomic mass is 17.2. The van der Waals surface area contributed by atoms with Crippen molar-refractivity contribution in [1.82, 2.24) is 0 Å². The molecule has 13 heavy (non-hydrogen) atoms. The third-order valence-electron chi connectivity index (χ3n) is 1.98. The second kappa shape index (κ2) is 2.74. The first-order valence-electron chi connectivity index (χ1n) is 3.91. The van der Waals surface area contributed by atoms with E-state index in [-0.39, 0.29) is 5.78 Å². The number of benzene rings is 1. The molecule has 4 nitrogen and oxygen atoms in total. The van der Waals surface area contributed by atoms with Gasteiger partial charge in [-0.25, -0.2) is 0 Å². The van der Waals surface area contributed by atoms with Crippen LogP contribution < -0.4 is 10.6 Å². The van der Waals surface area contributed by atoms with Crippen LogP contribution in [0.5, 0.6) is 5.75 Å². The Morgan fingerprint density at radius 2 is 2.31 bits per heavy atom. The molecule has 2 N–H and O–H groups in total. The van der Waals surface area contributed by atoms with Gasteiger partial charge in [-0.15, -0.1) is 0 Å². The number of nitrogen functional groups attached to an aromatic ring is 1. The molecule has 1 aromatic rings. The van der Waals surface area contributed by atoms with E-state index in [0.717, 1.165) is 5.56 Å². The third kappa shape index (κ3) is 1.25. The zero-order valence-electron chi connectivity index (χ0n) is 7.16. The van der Waals surface area contributed by atoms with Gasteiger partial charge < -0.3 is 10.6 Å². The van der Waals surface area contributed by atoms with Crippen LogP contribution in [0.2, 0.25) is 0 Å². The van der Waals surface area contributed by atoms with Crippen LogP contribution in [0.4, 0.5) is 5.69 Å². The smallest absolute Gasteiger partial charge is 0.173 e. The fraction of sp³-hybridized carbons (Fsp3) is 0.222. The van der Waals surface area contributed by atoms with E-state index < -0.39 is 0 Å². The van der Waals surface area contributed by atoms with Gasteiger partial charge in [-0.3, -0.25) is 4.79 Å². The van der Waals surface area contributed by atoms with Crippen LogP contribution in [-0.4, -0.2) is 5.78 Å². The molecule has 1 heterocycles. The van der Waals surface area contributed by atoms with Crippen molar-refractivity contribution in [2.45, 2.75) is 13.5 Å². The molecule has 0 saturated carbocycles. The van der Waals surface area contributed by atoms with Crippen molar-refractivity contribution in [2.24, 2.45) is 0 Å². The summed E-state index contributed by atoms with van der Waals surface area (Å²) >= 11 is 0. The normalized spacial score (nSPS) is 13.6. The summed E-state index contributed by atoms with van der Waals surface area (Å²) in [5.41, 5.74) is 7.45. The highest BCUT2D eigenvalue weighted by Gasteiger charge is 2.17. The fourth-order valence-corrected chi connectivity index (χ4v) is 1.29. The molecule has 0 unspecified atom stereocenters. The van der Waals surface area contributed by atoms with Crippen LogP contribution >= 0.6 is 0 Å². The van der Waals surface area contributed by atoms with Crippen molar-refractivity contribution in [1.29, 1.82) is 0 Å². The number of carbonyl (C=O) groups excluding carboxylic acids is 1. The van der Waals surface area contributed by atoms with Gasteiger partial charge in [-0.1, -0.05) is 0 Å². The minimum atomic E-state index is -0.0489. The van der Waals surface area contributed by atoms with Gasteiger partial charge >= 0.3 is 0 Å². The molecule has 1 aliphatic heterocycles. The Labute approximate surface area is 75.2 Å². The van der Waals surface area contributed by atoms with Gasteiger partial charge in [0.05, 0.1) is 0 Å². The minimum Gasteiger partial charge on any atom is -0.398 e. The zero-order chi connectivity index (χ0) is 9.42. The predicted octanol–water partition coefficient (Wildman–Crippen LogP) is 1.30. The number of nitrogens with two attached hydrogens (primary N) is 1. The molecule has 0 fully saturated rings. The number of hydrogen-bond donors (Lipinski definition) is 1. The molecule has 0 atom stereocenters. The van der Waals surface area contributed by atoms with Crippen molar-refractivity contribution < 1.29 is 14.6 Å². The van der Waals surface area contributed by atoms with Gasteiger partial charge in [0.1, 0.15) is 6.61 Å². The van der Waals surface area contributed by atoms with Gasteiger partial charge in [0, 0.05) is 22.9 Å². The first kappa shape index (κ1) is 8.07. The van der Waals surface area contributed by atoms with Crippen molar-refractivity contribution in [2.75, 3.05) is 5.73 Å². The van der Waals surface area contributed by atoms with Gasteiger partial charge in [-0.05, 0) is 13.0 Å². The second-order valence-corrected chi connectivity index (χ2v) is 2.95. The summed E-state index contributed by atoms with van der Waals surface area (Å²) in [6.07, 6.45) is 0. The molecular formula is C9H9NO3. The lowest BCUT2D eigenvalue weighted by atomic mass is 10.1. The minimum absolute atomic E-state index is 0.0489. The molecule has 2 rings (SSSR count). The molecule has 0 radical (unpaired) electrons. The molecule has 0 spiro atoms. The summed E-state index contributed by atoms with van der Waals surface area (Å²) in [4.78, 5) is 20.7. The van der Waals surface area contributed by atoms with E-state index in [1.165, 1.54) is 6.92 Å². The van der Waals surface area contributed by atoms with Gasteiger partial charge in [0.2, 0.25) is 0 Å². The number of fused-ring (bicyclic) bond motifs is 1. The monoisotopic (exact) mass is 179 g/mol. The van der Waals surface area contributed by atoms with E-state index in [0.29, 0.717) is 23.6 Å². The molecule has 4 heteroatoms. The maximum absolute atomic E-state index is 11.1. The molecule has 1 aliphatic rings. The maximum Gasteiger partial charge on any atom is 0.173 e. The lowest BCUT2D eigenvalue weighted by Crippen LogP contribution is -2.00. The first-order chi connectivity index (χ1) is 6.18. The largest absolute Gasteiger partial charge is 0.398 e. The number of anilines is 1. The summed E-state index contributed by atoms with van der Waals surface area (Å²) in [5.74, 6) is 0.551. The number of hydrogen-bond acceptors (Lipinski definition) is 4. The van der Waals surface area contributed by atoms with E-state index in [1.807, 2.05) is 0 Å². The molecule has 68 valence electrons. The summed E-state index contributed by atoms with van der Waals surface area (Å²) in [6, 6.07) is 3.32. The van der Waals surface area contributed by atoms with Crippen LogP contribution in [0.15, 0.2) is 12.1 Å². The molecule has 0 aromatic heterocycles. The SMILES string of the molecule is CC(=O)c1cc2c(cc1N)OOC2. The molecule has 0 amide bonds. The highest BCUT2D eigenvalue weighted by molar-refractivity contribution is 5.99. The fourth-order valence-electron chi connectivity index (χ4n) is 1.29. The Bertz CT molecular complexity index is 373. The first-order valence-corrected chi connectivity index (χ1v) is 3.91. The molecule has 0 bridgehead atoms. The van der Waals surface area contributed by atoms with Crippen molar-refractivity contribution in [3.05, 3.63) is 23.3 Å². The topological polar surface area (TPSA) is 61.6 Å². The van der Waals surface area contributed by atoms with Crippen LogP contribution in [0.25, 0.3) is 0 Å². The summed E-state index contributed by atoms with van der Waals surface area (Å²) in [6.45, 7) is 1.85. The lowest BCUT2D eigenvalue weighted by molar-refractivity contribution is -0.194. The maximum atomic E-state index is 11.1. The number of Topliss-reactive ketones (excluding diaryl/α,β-unsaturated/α-hetero) is 1. The Kier molecular flexibility index (Phi) is 1.70. The van der Waals surface area contributed by atoms with Crippen molar-refractivity contribution in [3.63, 3.8) is 0 Å². The van der Waals surface area contributed by atoms with Crippen molar-refractivity contribution >= 4 is 11.5 Å². The molecule has 0 aliphatic carbocycles. The standard InChI is InChI=1S/C9H9NO3/c1-5(11)7-2-6-4-12-13-9(6)3-8(7)10/h2-3H,4,10H2,1H3. The highest BCUT2D eigenvalue weighted by Crippen LogP contribution is 2.30. The summed E-state index contributed by atoms with van der Waals surface area (Å²) < 4.78 is 0. The number of ketones is 1. The zero-order valence-corrected chi connectivity index (χ0v) is 7.16. The predicted molar refractivity (Wildman–Crippen MR) is 46.3 cm³/mol. The molecular weight excluding hydrogens is 170 g/mol.